The number of rotatable bonds is 8. The molecule has 29 heavy (non-hydrogen) atoms. The van der Waals surface area contributed by atoms with Gasteiger partial charge < -0.3 is 14.8 Å². The second-order valence-electron chi connectivity index (χ2n) is 6.28. The van der Waals surface area contributed by atoms with Crippen LogP contribution in [0.5, 0.6) is 5.75 Å². The minimum Gasteiger partial charge on any atom is -0.572 e. The zero-order valence-corrected chi connectivity index (χ0v) is 16.6. The molecule has 0 spiro atoms. The van der Waals surface area contributed by atoms with Gasteiger partial charge in [-0.15, -0.1) is 5.69 Å². The quantitative estimate of drug-likeness (QED) is 0.616. The molecule has 0 aliphatic carbocycles. The number of carbonyl (C=O) groups is 1. The van der Waals surface area contributed by atoms with Crippen molar-refractivity contribution in [2.75, 3.05) is 6.61 Å². The topological polar surface area (TPSA) is 101 Å². The number of nitrogens with one attached hydrogen (secondary N) is 2. The second-order valence-corrected chi connectivity index (χ2v) is 7.88. The molecule has 0 saturated carbocycles. The standard InChI is InChI=1S/C21H20N3O4S/c1-16-6-2-3-8-20(16)24-29(26,27)19-11-9-18(10-12-19)28-15-21(25)23-14-17-7-4-5-13-22-17/h2-13H,14-15H2,1H3,(H,23,25)/q-1/p+1. The Bertz CT molecular complexity index is 1070. The molecule has 7 nitrogen and oxygen atoms in total. The van der Waals surface area contributed by atoms with Gasteiger partial charge >= 0.3 is 0 Å². The molecule has 2 aromatic carbocycles. The number of sulfonamides is 1. The molecule has 0 aliphatic rings. The fourth-order valence-electron chi connectivity index (χ4n) is 2.49. The Morgan fingerprint density at radius 2 is 1.76 bits per heavy atom. The lowest BCUT2D eigenvalue weighted by atomic mass is 10.2. The van der Waals surface area contributed by atoms with Crippen LogP contribution < -0.4 is 15.0 Å². The van der Waals surface area contributed by atoms with E-state index in [-0.39, 0.29) is 17.4 Å². The molecular formula is C21H21N3O4S. The first-order chi connectivity index (χ1) is 13.9. The maximum atomic E-state index is 12.5. The van der Waals surface area contributed by atoms with Gasteiger partial charge in [0.15, 0.2) is 18.5 Å². The zero-order chi connectivity index (χ0) is 20.7. The lowest BCUT2D eigenvalue weighted by Gasteiger charge is -2.24. The van der Waals surface area contributed by atoms with E-state index in [0.29, 0.717) is 18.0 Å². The van der Waals surface area contributed by atoms with Crippen LogP contribution in [0, 0.1) is 6.92 Å². The summed E-state index contributed by atoms with van der Waals surface area (Å²) in [4.78, 5) is 15.0. The molecule has 1 aromatic heterocycles. The van der Waals surface area contributed by atoms with Gasteiger partial charge in [-0.3, -0.25) is 4.79 Å². The fourth-order valence-corrected chi connectivity index (χ4v) is 3.54. The highest BCUT2D eigenvalue weighted by Crippen LogP contribution is 2.30. The summed E-state index contributed by atoms with van der Waals surface area (Å²) in [5.41, 5.74) is 2.04. The molecule has 1 heterocycles. The van der Waals surface area contributed by atoms with Crippen molar-refractivity contribution in [3.8, 4) is 5.75 Å². The molecule has 150 valence electrons. The SMILES string of the molecule is Cc1ccccc1[N-]S(=O)(=O)c1ccc(OCC(=O)NCc2cccc[nH+]2)cc1. The minimum absolute atomic E-state index is 0.0529. The van der Waals surface area contributed by atoms with E-state index >= 15 is 0 Å². The molecule has 1 amide bonds. The first-order valence-corrected chi connectivity index (χ1v) is 10.4. The smallest absolute Gasteiger partial charge is 0.258 e. The number of carbonyl (C=O) groups excluding carboxylic acids is 1. The van der Waals surface area contributed by atoms with Crippen molar-refractivity contribution >= 4 is 21.6 Å². The van der Waals surface area contributed by atoms with Crippen LogP contribution in [0.15, 0.2) is 77.8 Å². The summed E-state index contributed by atoms with van der Waals surface area (Å²) in [6.45, 7) is 1.99. The highest BCUT2D eigenvalue weighted by atomic mass is 32.2. The molecule has 0 atom stereocenters. The van der Waals surface area contributed by atoms with Gasteiger partial charge in [0.2, 0.25) is 0 Å². The zero-order valence-electron chi connectivity index (χ0n) is 15.8. The maximum Gasteiger partial charge on any atom is 0.258 e. The van der Waals surface area contributed by atoms with Crippen LogP contribution in [0.4, 0.5) is 5.69 Å². The summed E-state index contributed by atoms with van der Waals surface area (Å²) in [5.74, 6) is 0.106. The number of pyridine rings is 1. The van der Waals surface area contributed by atoms with Crippen molar-refractivity contribution in [1.29, 1.82) is 0 Å². The lowest BCUT2D eigenvalue weighted by Crippen LogP contribution is -2.30. The van der Waals surface area contributed by atoms with Crippen molar-refractivity contribution in [1.82, 2.24) is 5.32 Å². The molecule has 8 heteroatoms. The van der Waals surface area contributed by atoms with Gasteiger partial charge in [0.25, 0.3) is 5.91 Å². The third kappa shape index (κ3) is 5.79. The number of benzene rings is 2. The Hall–Kier alpha value is -3.39. The van der Waals surface area contributed by atoms with Crippen molar-refractivity contribution in [2.24, 2.45) is 0 Å². The third-order valence-electron chi connectivity index (χ3n) is 4.07. The number of hydrogen-bond donors (Lipinski definition) is 1. The Kier molecular flexibility index (Phi) is 6.46. The molecule has 0 saturated heterocycles. The molecule has 3 aromatic rings. The summed E-state index contributed by atoms with van der Waals surface area (Å²) in [7, 11) is -3.84. The van der Waals surface area contributed by atoms with Gasteiger partial charge in [-0.25, -0.2) is 13.4 Å². The van der Waals surface area contributed by atoms with E-state index in [4.69, 9.17) is 4.74 Å². The summed E-state index contributed by atoms with van der Waals surface area (Å²) < 4.78 is 34.2. The van der Waals surface area contributed by atoms with Crippen LogP contribution in [0.2, 0.25) is 0 Å². The van der Waals surface area contributed by atoms with E-state index in [0.717, 1.165) is 11.3 Å². The summed E-state index contributed by atoms with van der Waals surface area (Å²) in [5, 5.41) is 2.73. The van der Waals surface area contributed by atoms with Gasteiger partial charge in [-0.1, -0.05) is 35.9 Å². The van der Waals surface area contributed by atoms with Crippen molar-refractivity contribution in [2.45, 2.75) is 18.4 Å². The fraction of sp³-hybridized carbons (Fsp3) is 0.143. The average molecular weight is 411 g/mol. The second kappa shape index (κ2) is 9.20. The normalized spacial score (nSPS) is 10.9. The number of hydrogen-bond acceptors (Lipinski definition) is 4. The minimum atomic E-state index is -3.84. The van der Waals surface area contributed by atoms with Crippen molar-refractivity contribution < 1.29 is 22.9 Å². The lowest BCUT2D eigenvalue weighted by molar-refractivity contribution is -0.390. The number of nitrogens with zero attached hydrogens (tertiary/aromatic N) is 1. The van der Waals surface area contributed by atoms with Crippen molar-refractivity contribution in [3.05, 3.63) is 88.9 Å². The molecule has 0 bridgehead atoms. The van der Waals surface area contributed by atoms with E-state index in [1.807, 2.05) is 24.3 Å². The predicted octanol–water partition coefficient (Wildman–Crippen LogP) is 2.90. The average Bonchev–Trinajstić information content (AvgIpc) is 2.73. The largest absolute Gasteiger partial charge is 0.572 e. The van der Waals surface area contributed by atoms with Gasteiger partial charge in [0.05, 0.1) is 4.90 Å². The highest BCUT2D eigenvalue weighted by molar-refractivity contribution is 7.94. The maximum absolute atomic E-state index is 12.5. The summed E-state index contributed by atoms with van der Waals surface area (Å²) in [6.07, 6.45) is 1.78. The molecular weight excluding hydrogens is 390 g/mol. The number of ether oxygens (including phenoxy) is 1. The van der Waals surface area contributed by atoms with Crippen LogP contribution in [0.3, 0.4) is 0 Å². The Morgan fingerprint density at radius 1 is 1.03 bits per heavy atom. The summed E-state index contributed by atoms with van der Waals surface area (Å²) >= 11 is 0. The Morgan fingerprint density at radius 3 is 2.45 bits per heavy atom. The van der Waals surface area contributed by atoms with Crippen molar-refractivity contribution in [3.63, 3.8) is 0 Å². The molecule has 0 unspecified atom stereocenters. The summed E-state index contributed by atoms with van der Waals surface area (Å²) in [6, 6.07) is 18.4. The molecule has 0 aliphatic heterocycles. The van der Waals surface area contributed by atoms with E-state index in [9.17, 15) is 13.2 Å². The van der Waals surface area contributed by atoms with Crippen LogP contribution in [-0.2, 0) is 21.4 Å². The van der Waals surface area contributed by atoms with Gasteiger partial charge in [-0.2, -0.15) is 0 Å². The molecule has 2 N–H and O–H groups in total. The third-order valence-corrected chi connectivity index (χ3v) is 5.38. The van der Waals surface area contributed by atoms with Gasteiger partial charge in [0.1, 0.15) is 22.3 Å². The van der Waals surface area contributed by atoms with E-state index < -0.39 is 10.0 Å². The number of aromatic nitrogens is 1. The Balaban J connectivity index is 1.54. The van der Waals surface area contributed by atoms with E-state index in [1.165, 1.54) is 24.3 Å². The highest BCUT2D eigenvalue weighted by Gasteiger charge is 2.08. The molecule has 0 radical (unpaired) electrons. The van der Waals surface area contributed by atoms with Crippen LogP contribution in [0.25, 0.3) is 4.72 Å². The first kappa shape index (κ1) is 20.3. The number of H-pyrrole nitrogens is 1. The van der Waals surface area contributed by atoms with Gasteiger partial charge in [0, 0.05) is 12.1 Å². The van der Waals surface area contributed by atoms with Gasteiger partial charge in [-0.05, 0) is 31.2 Å². The van der Waals surface area contributed by atoms with Crippen LogP contribution >= 0.6 is 0 Å². The molecule has 3 rings (SSSR count). The molecule has 0 fully saturated rings. The number of aryl methyl sites for hydroxylation is 1. The van der Waals surface area contributed by atoms with E-state index in [1.54, 1.807) is 31.3 Å². The number of aromatic amines is 1. The monoisotopic (exact) mass is 411 g/mol. The number of amides is 1. The predicted molar refractivity (Wildman–Crippen MR) is 108 cm³/mol. The Labute approximate surface area is 169 Å². The first-order valence-electron chi connectivity index (χ1n) is 8.93. The van der Waals surface area contributed by atoms with Crippen LogP contribution in [0.1, 0.15) is 11.3 Å². The van der Waals surface area contributed by atoms with Crippen LogP contribution in [-0.4, -0.2) is 20.9 Å². The van der Waals surface area contributed by atoms with E-state index in [2.05, 4.69) is 15.0 Å².